The van der Waals surface area contributed by atoms with Crippen molar-refractivity contribution in [3.8, 4) is 10.6 Å². The van der Waals surface area contributed by atoms with Crippen molar-refractivity contribution in [1.82, 2.24) is 19.9 Å². The molecule has 1 amide bonds. The second-order valence-corrected chi connectivity index (χ2v) is 9.54. The summed E-state index contributed by atoms with van der Waals surface area (Å²) in [6.07, 6.45) is 0. The molecule has 4 rings (SSSR count). The van der Waals surface area contributed by atoms with E-state index in [1.54, 1.807) is 18.2 Å². The van der Waals surface area contributed by atoms with Gasteiger partial charge in [0.2, 0.25) is 4.96 Å². The first-order chi connectivity index (χ1) is 14.7. The lowest BCUT2D eigenvalue weighted by Gasteiger charge is -2.19. The topological polar surface area (TPSA) is 76.4 Å². The molecule has 0 bridgehead atoms. The third-order valence-corrected chi connectivity index (χ3v) is 6.12. The molecule has 6 nitrogen and oxygen atoms in total. The van der Waals surface area contributed by atoms with Crippen LogP contribution in [0.2, 0.25) is 5.02 Å². The fraction of sp³-hybridized carbons (Fsp3) is 0.217. The first-order valence-electron chi connectivity index (χ1n) is 9.76. The number of carbonyl (C=O) groups is 1. The number of rotatable bonds is 4. The van der Waals surface area contributed by atoms with Gasteiger partial charge in [0.15, 0.2) is 0 Å². The fourth-order valence-corrected chi connectivity index (χ4v) is 4.33. The van der Waals surface area contributed by atoms with E-state index in [1.807, 2.05) is 30.3 Å². The molecule has 0 aliphatic heterocycles. The van der Waals surface area contributed by atoms with Crippen LogP contribution in [0.15, 0.2) is 59.4 Å². The summed E-state index contributed by atoms with van der Waals surface area (Å²) >= 11 is 7.52. The third kappa shape index (κ3) is 4.52. The monoisotopic (exact) mass is 452 g/mol. The van der Waals surface area contributed by atoms with E-state index in [4.69, 9.17) is 11.6 Å². The fourth-order valence-electron chi connectivity index (χ4n) is 3.08. The van der Waals surface area contributed by atoms with Gasteiger partial charge in [-0.3, -0.25) is 9.59 Å². The van der Waals surface area contributed by atoms with Gasteiger partial charge in [-0.05, 0) is 29.2 Å². The molecule has 2 aromatic carbocycles. The Bertz CT molecular complexity index is 1320. The molecule has 0 radical (unpaired) electrons. The highest BCUT2D eigenvalue weighted by Gasteiger charge is 2.15. The molecule has 0 spiro atoms. The number of fused-ring (bicyclic) bond motifs is 1. The number of carbonyl (C=O) groups excluding carboxylic acids is 1. The molecule has 8 heteroatoms. The van der Waals surface area contributed by atoms with Crippen molar-refractivity contribution in [2.45, 2.75) is 32.7 Å². The van der Waals surface area contributed by atoms with Crippen molar-refractivity contribution in [3.63, 3.8) is 0 Å². The van der Waals surface area contributed by atoms with E-state index in [1.165, 1.54) is 21.9 Å². The second-order valence-electron chi connectivity index (χ2n) is 8.18. The lowest BCUT2D eigenvalue weighted by atomic mass is 9.87. The minimum Gasteiger partial charge on any atom is -0.346 e. The predicted octanol–water partition coefficient (Wildman–Crippen LogP) is 4.70. The molecule has 0 fully saturated rings. The van der Waals surface area contributed by atoms with Crippen LogP contribution in [0.5, 0.6) is 0 Å². The summed E-state index contributed by atoms with van der Waals surface area (Å²) in [5, 5.41) is 8.33. The lowest BCUT2D eigenvalue weighted by Crippen LogP contribution is -2.25. The van der Waals surface area contributed by atoms with Gasteiger partial charge >= 0.3 is 0 Å². The second kappa shape index (κ2) is 8.24. The zero-order valence-corrected chi connectivity index (χ0v) is 18.9. The van der Waals surface area contributed by atoms with Gasteiger partial charge in [0, 0.05) is 17.2 Å². The number of benzene rings is 2. The minimum atomic E-state index is -0.307. The molecule has 1 N–H and O–H groups in total. The third-order valence-electron chi connectivity index (χ3n) is 4.85. The Balaban J connectivity index is 1.53. The molecule has 31 heavy (non-hydrogen) atoms. The molecule has 0 saturated heterocycles. The number of nitrogens with one attached hydrogen (secondary N) is 1. The van der Waals surface area contributed by atoms with Crippen LogP contribution in [0.3, 0.4) is 0 Å². The van der Waals surface area contributed by atoms with Crippen LogP contribution in [0.25, 0.3) is 15.5 Å². The van der Waals surface area contributed by atoms with Crippen LogP contribution >= 0.6 is 22.9 Å². The molecule has 0 saturated carbocycles. The Kier molecular flexibility index (Phi) is 5.64. The Morgan fingerprint density at radius 3 is 2.52 bits per heavy atom. The van der Waals surface area contributed by atoms with Crippen LogP contribution in [-0.4, -0.2) is 20.5 Å². The summed E-state index contributed by atoms with van der Waals surface area (Å²) in [5.41, 5.74) is 2.65. The van der Waals surface area contributed by atoms with Crippen LogP contribution < -0.4 is 10.9 Å². The summed E-state index contributed by atoms with van der Waals surface area (Å²) in [5.74, 6) is -0.219. The van der Waals surface area contributed by atoms with Gasteiger partial charge in [-0.25, -0.2) is 4.98 Å². The number of hydrogen-bond acceptors (Lipinski definition) is 5. The Morgan fingerprint density at radius 2 is 1.84 bits per heavy atom. The normalized spacial score (nSPS) is 11.6. The van der Waals surface area contributed by atoms with Crippen LogP contribution in [0.4, 0.5) is 0 Å². The van der Waals surface area contributed by atoms with E-state index in [2.05, 4.69) is 36.2 Å². The van der Waals surface area contributed by atoms with Gasteiger partial charge in [0.25, 0.3) is 11.5 Å². The standard InChI is InChI=1S/C23H21ClN4O2S/c1-23(2,3)15-10-8-14(9-11-15)20(30)25-13-16-12-19(29)28-22(26-16)31-21(27-28)17-6-4-5-7-18(17)24/h4-12H,13H2,1-3H3,(H,25,30). The van der Waals surface area contributed by atoms with Gasteiger partial charge in [0.1, 0.15) is 5.01 Å². The van der Waals surface area contributed by atoms with E-state index in [9.17, 15) is 9.59 Å². The smallest absolute Gasteiger partial charge is 0.275 e. The molecule has 2 aromatic heterocycles. The van der Waals surface area contributed by atoms with Gasteiger partial charge in [0.05, 0.1) is 17.3 Å². The molecular weight excluding hydrogens is 432 g/mol. The molecule has 0 atom stereocenters. The van der Waals surface area contributed by atoms with E-state index in [-0.39, 0.29) is 23.4 Å². The first kappa shape index (κ1) is 21.2. The molecule has 0 aliphatic carbocycles. The highest BCUT2D eigenvalue weighted by atomic mass is 35.5. The summed E-state index contributed by atoms with van der Waals surface area (Å²) in [6.45, 7) is 6.52. The minimum absolute atomic E-state index is 0.0219. The van der Waals surface area contributed by atoms with E-state index in [0.29, 0.717) is 26.2 Å². The molecule has 0 aliphatic rings. The number of halogens is 1. The van der Waals surface area contributed by atoms with Crippen molar-refractivity contribution in [1.29, 1.82) is 0 Å². The highest BCUT2D eigenvalue weighted by molar-refractivity contribution is 7.19. The summed E-state index contributed by atoms with van der Waals surface area (Å²) in [7, 11) is 0. The number of amides is 1. The van der Waals surface area contributed by atoms with E-state index in [0.717, 1.165) is 11.1 Å². The van der Waals surface area contributed by atoms with Crippen LogP contribution in [0.1, 0.15) is 42.4 Å². The number of hydrogen-bond donors (Lipinski definition) is 1. The van der Waals surface area contributed by atoms with Crippen molar-refractivity contribution in [2.75, 3.05) is 0 Å². The maximum Gasteiger partial charge on any atom is 0.275 e. The summed E-state index contributed by atoms with van der Waals surface area (Å²) in [4.78, 5) is 29.9. The zero-order chi connectivity index (χ0) is 22.2. The molecule has 158 valence electrons. The maximum absolute atomic E-state index is 12.5. The van der Waals surface area contributed by atoms with Crippen LogP contribution in [-0.2, 0) is 12.0 Å². The van der Waals surface area contributed by atoms with E-state index < -0.39 is 0 Å². The summed E-state index contributed by atoms with van der Waals surface area (Å²) in [6, 6.07) is 16.2. The maximum atomic E-state index is 12.5. The van der Waals surface area contributed by atoms with Crippen LogP contribution in [0, 0.1) is 0 Å². The van der Waals surface area contributed by atoms with Crippen molar-refractivity contribution >= 4 is 33.8 Å². The number of aromatic nitrogens is 3. The van der Waals surface area contributed by atoms with Gasteiger partial charge < -0.3 is 5.32 Å². The average Bonchev–Trinajstić information content (AvgIpc) is 3.16. The summed E-state index contributed by atoms with van der Waals surface area (Å²) < 4.78 is 1.25. The van der Waals surface area contributed by atoms with Gasteiger partial charge in [-0.2, -0.15) is 9.61 Å². The van der Waals surface area contributed by atoms with Gasteiger partial charge in [-0.15, -0.1) is 0 Å². The molecular formula is C23H21ClN4O2S. The SMILES string of the molecule is CC(C)(C)c1ccc(C(=O)NCc2cc(=O)n3nc(-c4ccccc4Cl)sc3n2)cc1. The quantitative estimate of drug-likeness (QED) is 0.487. The lowest BCUT2D eigenvalue weighted by molar-refractivity contribution is 0.0950. The molecule has 0 unspecified atom stereocenters. The molecule has 2 heterocycles. The van der Waals surface area contributed by atoms with Crippen molar-refractivity contribution in [2.24, 2.45) is 0 Å². The Hall–Kier alpha value is -3.03. The van der Waals surface area contributed by atoms with E-state index >= 15 is 0 Å². The number of nitrogens with zero attached hydrogens (tertiary/aromatic N) is 3. The first-order valence-corrected chi connectivity index (χ1v) is 11.0. The molecule has 4 aromatic rings. The Morgan fingerprint density at radius 1 is 1.13 bits per heavy atom. The van der Waals surface area contributed by atoms with Crippen molar-refractivity contribution in [3.05, 3.63) is 86.8 Å². The Labute approximate surface area is 188 Å². The van der Waals surface area contributed by atoms with Gasteiger partial charge in [-0.1, -0.05) is 74.0 Å². The highest BCUT2D eigenvalue weighted by Crippen LogP contribution is 2.30. The predicted molar refractivity (Wildman–Crippen MR) is 124 cm³/mol. The largest absolute Gasteiger partial charge is 0.346 e. The van der Waals surface area contributed by atoms with Crippen molar-refractivity contribution < 1.29 is 4.79 Å². The average molecular weight is 453 g/mol. The zero-order valence-electron chi connectivity index (χ0n) is 17.3.